The van der Waals surface area contributed by atoms with Crippen LogP contribution in [0, 0.1) is 5.92 Å². The summed E-state index contributed by atoms with van der Waals surface area (Å²) in [5.41, 5.74) is 2.32. The largest absolute Gasteiger partial charge is 0.369 e. The molecule has 0 radical (unpaired) electrons. The fourth-order valence-electron chi connectivity index (χ4n) is 2.85. The first kappa shape index (κ1) is 19.9. The van der Waals surface area contributed by atoms with Crippen LogP contribution in [0.4, 0.5) is 5.69 Å². The van der Waals surface area contributed by atoms with Crippen LogP contribution in [-0.4, -0.2) is 57.2 Å². The second kappa shape index (κ2) is 9.88. The normalized spacial score (nSPS) is 16.4. The second-order valence-electron chi connectivity index (χ2n) is 7.00. The molecule has 2 rings (SSSR count). The summed E-state index contributed by atoms with van der Waals surface area (Å²) < 4.78 is 0. The zero-order valence-electron chi connectivity index (χ0n) is 16.0. The number of piperazine rings is 1. The molecule has 2 N–H and O–H groups in total. The number of benzene rings is 1. The molecular formula is C19H32ClN5. The lowest BCUT2D eigenvalue weighted by atomic mass is 10.1. The van der Waals surface area contributed by atoms with Crippen molar-refractivity contribution < 1.29 is 0 Å². The van der Waals surface area contributed by atoms with E-state index in [0.717, 1.165) is 55.8 Å². The Balaban J connectivity index is 2.15. The molecule has 1 aromatic rings. The third kappa shape index (κ3) is 6.08. The number of hydrogen-bond donors (Lipinski definition) is 2. The molecule has 1 saturated heterocycles. The van der Waals surface area contributed by atoms with Gasteiger partial charge >= 0.3 is 0 Å². The maximum absolute atomic E-state index is 6.52. The maximum Gasteiger partial charge on any atom is 0.191 e. The predicted molar refractivity (Wildman–Crippen MR) is 109 cm³/mol. The molecule has 1 aromatic carbocycles. The molecule has 0 bridgehead atoms. The van der Waals surface area contributed by atoms with Gasteiger partial charge in [-0.1, -0.05) is 31.5 Å². The topological polar surface area (TPSA) is 42.9 Å². The van der Waals surface area contributed by atoms with Crippen LogP contribution in [-0.2, 0) is 6.54 Å². The highest BCUT2D eigenvalue weighted by atomic mass is 35.5. The Morgan fingerprint density at radius 3 is 2.56 bits per heavy atom. The smallest absolute Gasteiger partial charge is 0.191 e. The van der Waals surface area contributed by atoms with E-state index in [9.17, 15) is 0 Å². The van der Waals surface area contributed by atoms with E-state index in [2.05, 4.69) is 54.3 Å². The van der Waals surface area contributed by atoms with E-state index in [-0.39, 0.29) is 0 Å². The number of guanidine groups is 1. The summed E-state index contributed by atoms with van der Waals surface area (Å²) in [5.74, 6) is 1.42. The molecule has 6 heteroatoms. The zero-order chi connectivity index (χ0) is 18.2. The Hall–Kier alpha value is -1.46. The van der Waals surface area contributed by atoms with Crippen molar-refractivity contribution in [1.82, 2.24) is 15.5 Å². The first-order valence-corrected chi connectivity index (χ1v) is 9.62. The average Bonchev–Trinajstić information content (AvgIpc) is 2.59. The number of aliphatic imine (C=N–C) groups is 1. The quantitative estimate of drug-likeness (QED) is 0.601. The number of likely N-dealkylation sites (N-methyl/N-ethyl adjacent to an activating group) is 1. The number of nitrogens with zero attached hydrogens (tertiary/aromatic N) is 3. The monoisotopic (exact) mass is 365 g/mol. The number of rotatable bonds is 6. The highest BCUT2D eigenvalue weighted by Gasteiger charge is 2.18. The Labute approximate surface area is 157 Å². The van der Waals surface area contributed by atoms with E-state index < -0.39 is 0 Å². The molecule has 1 fully saturated rings. The van der Waals surface area contributed by atoms with Crippen molar-refractivity contribution in [2.75, 3.05) is 51.2 Å². The van der Waals surface area contributed by atoms with Gasteiger partial charge in [-0.25, -0.2) is 4.99 Å². The Bertz CT molecular complexity index is 565. The van der Waals surface area contributed by atoms with Crippen molar-refractivity contribution in [1.29, 1.82) is 0 Å². The van der Waals surface area contributed by atoms with Crippen LogP contribution >= 0.6 is 11.6 Å². The van der Waals surface area contributed by atoms with Crippen molar-refractivity contribution in [3.05, 3.63) is 28.8 Å². The van der Waals surface area contributed by atoms with Gasteiger partial charge in [0.2, 0.25) is 0 Å². The van der Waals surface area contributed by atoms with E-state index in [1.165, 1.54) is 5.69 Å². The Kier molecular flexibility index (Phi) is 7.85. The second-order valence-corrected chi connectivity index (χ2v) is 7.40. The predicted octanol–water partition coefficient (Wildman–Crippen LogP) is 2.80. The molecule has 1 aliphatic heterocycles. The number of halogens is 1. The molecule has 0 unspecified atom stereocenters. The lowest BCUT2D eigenvalue weighted by molar-refractivity contribution is 0.312. The fraction of sp³-hybridized carbons (Fsp3) is 0.632. The Morgan fingerprint density at radius 2 is 1.92 bits per heavy atom. The van der Waals surface area contributed by atoms with Crippen molar-refractivity contribution >= 4 is 23.2 Å². The molecule has 0 atom stereocenters. The standard InChI is InChI=1S/C19H32ClN5/c1-5-21-19(22-13-15(2)3)23-14-16-17(20)7-6-8-18(16)25-11-9-24(4)10-12-25/h6-8,15H,5,9-14H2,1-4H3,(H2,21,22,23). The average molecular weight is 366 g/mol. The lowest BCUT2D eigenvalue weighted by Gasteiger charge is -2.35. The van der Waals surface area contributed by atoms with Crippen molar-refractivity contribution in [2.45, 2.75) is 27.3 Å². The van der Waals surface area contributed by atoms with Crippen LogP contribution in [0.5, 0.6) is 0 Å². The molecule has 0 spiro atoms. The van der Waals surface area contributed by atoms with Crippen LogP contribution in [0.1, 0.15) is 26.3 Å². The fourth-order valence-corrected chi connectivity index (χ4v) is 3.08. The van der Waals surface area contributed by atoms with Gasteiger partial charge in [0.15, 0.2) is 5.96 Å². The molecule has 5 nitrogen and oxygen atoms in total. The maximum atomic E-state index is 6.52. The summed E-state index contributed by atoms with van der Waals surface area (Å²) >= 11 is 6.52. The van der Waals surface area contributed by atoms with Gasteiger partial charge in [0.25, 0.3) is 0 Å². The lowest BCUT2D eigenvalue weighted by Crippen LogP contribution is -2.44. The van der Waals surface area contributed by atoms with E-state index in [1.54, 1.807) is 0 Å². The van der Waals surface area contributed by atoms with Gasteiger partial charge in [-0.15, -0.1) is 0 Å². The van der Waals surface area contributed by atoms with Gasteiger partial charge in [0.05, 0.1) is 6.54 Å². The highest BCUT2D eigenvalue weighted by molar-refractivity contribution is 6.31. The summed E-state index contributed by atoms with van der Waals surface area (Å²) in [7, 11) is 2.17. The van der Waals surface area contributed by atoms with Gasteiger partial charge in [-0.3, -0.25) is 0 Å². The molecule has 0 aliphatic carbocycles. The third-order valence-electron chi connectivity index (χ3n) is 4.36. The molecule has 0 saturated carbocycles. The van der Waals surface area contributed by atoms with Gasteiger partial charge in [-0.05, 0) is 32.0 Å². The van der Waals surface area contributed by atoms with Gasteiger partial charge in [0.1, 0.15) is 0 Å². The van der Waals surface area contributed by atoms with Crippen LogP contribution in [0.15, 0.2) is 23.2 Å². The molecule has 25 heavy (non-hydrogen) atoms. The van der Waals surface area contributed by atoms with Crippen LogP contribution in [0.3, 0.4) is 0 Å². The Morgan fingerprint density at radius 1 is 1.20 bits per heavy atom. The third-order valence-corrected chi connectivity index (χ3v) is 4.71. The summed E-state index contributed by atoms with van der Waals surface area (Å²) in [6.07, 6.45) is 0. The van der Waals surface area contributed by atoms with Crippen LogP contribution in [0.25, 0.3) is 0 Å². The van der Waals surface area contributed by atoms with Gasteiger partial charge < -0.3 is 20.4 Å². The minimum atomic E-state index is 0.574. The highest BCUT2D eigenvalue weighted by Crippen LogP contribution is 2.29. The van der Waals surface area contributed by atoms with Crippen LogP contribution in [0.2, 0.25) is 5.02 Å². The first-order valence-electron chi connectivity index (χ1n) is 9.24. The van der Waals surface area contributed by atoms with E-state index >= 15 is 0 Å². The van der Waals surface area contributed by atoms with Gasteiger partial charge in [-0.2, -0.15) is 0 Å². The van der Waals surface area contributed by atoms with E-state index in [1.807, 2.05) is 12.1 Å². The molecular weight excluding hydrogens is 334 g/mol. The summed E-state index contributed by atoms with van der Waals surface area (Å²) in [6.45, 7) is 13.0. The zero-order valence-corrected chi connectivity index (χ0v) is 16.7. The summed E-state index contributed by atoms with van der Waals surface area (Å²) in [4.78, 5) is 9.54. The minimum Gasteiger partial charge on any atom is -0.369 e. The number of hydrogen-bond acceptors (Lipinski definition) is 3. The molecule has 140 valence electrons. The van der Waals surface area contributed by atoms with Crippen LogP contribution < -0.4 is 15.5 Å². The van der Waals surface area contributed by atoms with Crippen molar-refractivity contribution in [3.8, 4) is 0 Å². The SMILES string of the molecule is CCNC(=NCc1c(Cl)cccc1N1CCN(C)CC1)NCC(C)C. The summed E-state index contributed by atoms with van der Waals surface area (Å²) in [6, 6.07) is 6.16. The van der Waals surface area contributed by atoms with E-state index in [0.29, 0.717) is 12.5 Å². The first-order chi connectivity index (χ1) is 12.0. The molecule has 1 aliphatic rings. The molecule has 0 amide bonds. The van der Waals surface area contributed by atoms with E-state index in [4.69, 9.17) is 16.6 Å². The van der Waals surface area contributed by atoms with Crippen molar-refractivity contribution in [3.63, 3.8) is 0 Å². The minimum absolute atomic E-state index is 0.574. The van der Waals surface area contributed by atoms with Crippen molar-refractivity contribution in [2.24, 2.45) is 10.9 Å². The number of anilines is 1. The molecule has 0 aromatic heterocycles. The molecule has 1 heterocycles. The van der Waals surface area contributed by atoms with Gasteiger partial charge in [0, 0.05) is 55.5 Å². The summed E-state index contributed by atoms with van der Waals surface area (Å²) in [5, 5.41) is 7.49. The number of nitrogens with one attached hydrogen (secondary N) is 2.